The van der Waals surface area contributed by atoms with E-state index in [1.165, 1.54) is 11.1 Å². The van der Waals surface area contributed by atoms with Crippen LogP contribution in [-0.4, -0.2) is 19.5 Å². The third-order valence-electron chi connectivity index (χ3n) is 4.06. The van der Waals surface area contributed by atoms with Crippen molar-refractivity contribution >= 4 is 17.3 Å². The molecule has 1 aliphatic rings. The van der Waals surface area contributed by atoms with Crippen LogP contribution >= 0.6 is 0 Å². The molecule has 108 valence electrons. The SMILES string of the molecule is Cc1cc(C)cc(N(C)C(=O)C2CNc3ccccc32)c1. The predicted octanol–water partition coefficient (Wildman–Crippen LogP) is 3.48. The molecule has 0 radical (unpaired) electrons. The lowest BCUT2D eigenvalue weighted by Crippen LogP contribution is -2.32. The largest absolute Gasteiger partial charge is 0.384 e. The van der Waals surface area contributed by atoms with Crippen LogP contribution in [0.1, 0.15) is 22.6 Å². The number of hydrogen-bond donors (Lipinski definition) is 1. The molecule has 1 unspecified atom stereocenters. The molecule has 0 saturated carbocycles. The van der Waals surface area contributed by atoms with Crippen molar-refractivity contribution in [3.63, 3.8) is 0 Å². The van der Waals surface area contributed by atoms with Gasteiger partial charge in [0.1, 0.15) is 0 Å². The number of hydrogen-bond acceptors (Lipinski definition) is 2. The molecule has 2 aromatic carbocycles. The number of carbonyl (C=O) groups excluding carboxylic acids is 1. The van der Waals surface area contributed by atoms with Gasteiger partial charge in [-0.15, -0.1) is 0 Å². The van der Waals surface area contributed by atoms with E-state index in [9.17, 15) is 4.79 Å². The Morgan fingerprint density at radius 3 is 2.52 bits per heavy atom. The Morgan fingerprint density at radius 1 is 1.14 bits per heavy atom. The Hall–Kier alpha value is -2.29. The van der Waals surface area contributed by atoms with E-state index in [1.54, 1.807) is 4.90 Å². The van der Waals surface area contributed by atoms with Crippen molar-refractivity contribution in [2.24, 2.45) is 0 Å². The number of aryl methyl sites for hydroxylation is 2. The summed E-state index contributed by atoms with van der Waals surface area (Å²) in [6, 6.07) is 14.3. The summed E-state index contributed by atoms with van der Waals surface area (Å²) >= 11 is 0. The number of benzene rings is 2. The van der Waals surface area contributed by atoms with Crippen LogP contribution in [0.2, 0.25) is 0 Å². The lowest BCUT2D eigenvalue weighted by molar-refractivity contribution is -0.119. The van der Waals surface area contributed by atoms with Crippen LogP contribution in [-0.2, 0) is 4.79 Å². The van der Waals surface area contributed by atoms with Gasteiger partial charge in [0.25, 0.3) is 0 Å². The Labute approximate surface area is 125 Å². The van der Waals surface area contributed by atoms with Crippen LogP contribution in [0.5, 0.6) is 0 Å². The van der Waals surface area contributed by atoms with E-state index in [4.69, 9.17) is 0 Å². The monoisotopic (exact) mass is 280 g/mol. The van der Waals surface area contributed by atoms with Crippen LogP contribution in [0.15, 0.2) is 42.5 Å². The molecule has 1 aliphatic heterocycles. The van der Waals surface area contributed by atoms with Gasteiger partial charge in [-0.3, -0.25) is 4.79 Å². The fraction of sp³-hybridized carbons (Fsp3) is 0.278. The molecule has 3 nitrogen and oxygen atoms in total. The van der Waals surface area contributed by atoms with Gasteiger partial charge in [0, 0.05) is 25.0 Å². The fourth-order valence-electron chi connectivity index (χ4n) is 3.01. The minimum absolute atomic E-state index is 0.105. The number of anilines is 2. The van der Waals surface area contributed by atoms with E-state index in [0.29, 0.717) is 6.54 Å². The lowest BCUT2D eigenvalue weighted by Gasteiger charge is -2.22. The number of nitrogens with zero attached hydrogens (tertiary/aromatic N) is 1. The molecule has 1 N–H and O–H groups in total. The van der Waals surface area contributed by atoms with Crippen LogP contribution in [0.25, 0.3) is 0 Å². The van der Waals surface area contributed by atoms with Crippen molar-refractivity contribution in [1.82, 2.24) is 0 Å². The Morgan fingerprint density at radius 2 is 1.81 bits per heavy atom. The second-order valence-corrected chi connectivity index (χ2v) is 5.76. The first-order chi connectivity index (χ1) is 10.1. The molecule has 1 amide bonds. The van der Waals surface area contributed by atoms with Crippen LogP contribution in [0.4, 0.5) is 11.4 Å². The van der Waals surface area contributed by atoms with E-state index < -0.39 is 0 Å². The molecule has 2 aromatic rings. The van der Waals surface area contributed by atoms with Crippen molar-refractivity contribution < 1.29 is 4.79 Å². The highest BCUT2D eigenvalue weighted by Crippen LogP contribution is 2.33. The highest BCUT2D eigenvalue weighted by Gasteiger charge is 2.30. The molecule has 0 aliphatic carbocycles. The maximum Gasteiger partial charge on any atom is 0.236 e. The number of rotatable bonds is 2. The van der Waals surface area contributed by atoms with Gasteiger partial charge in [-0.1, -0.05) is 24.3 Å². The topological polar surface area (TPSA) is 32.3 Å². The molecule has 0 aromatic heterocycles. The van der Waals surface area contributed by atoms with E-state index in [2.05, 4.69) is 37.4 Å². The highest BCUT2D eigenvalue weighted by molar-refractivity contribution is 6.00. The smallest absolute Gasteiger partial charge is 0.236 e. The maximum absolute atomic E-state index is 12.8. The molecular weight excluding hydrogens is 260 g/mol. The van der Waals surface area contributed by atoms with Gasteiger partial charge in [0.05, 0.1) is 5.92 Å². The third kappa shape index (κ3) is 2.51. The zero-order valence-electron chi connectivity index (χ0n) is 12.7. The maximum atomic E-state index is 12.8. The summed E-state index contributed by atoms with van der Waals surface area (Å²) in [5.74, 6) is 0.0319. The van der Waals surface area contributed by atoms with Gasteiger partial charge >= 0.3 is 0 Å². The van der Waals surface area contributed by atoms with Gasteiger partial charge < -0.3 is 10.2 Å². The molecule has 0 fully saturated rings. The summed E-state index contributed by atoms with van der Waals surface area (Å²) in [6.07, 6.45) is 0. The van der Waals surface area contributed by atoms with Crippen LogP contribution in [0.3, 0.4) is 0 Å². The van der Waals surface area contributed by atoms with Crippen molar-refractivity contribution in [2.45, 2.75) is 19.8 Å². The average molecular weight is 280 g/mol. The van der Waals surface area contributed by atoms with Gasteiger partial charge in [-0.05, 0) is 48.7 Å². The van der Waals surface area contributed by atoms with E-state index >= 15 is 0 Å². The Bertz CT molecular complexity index is 673. The molecule has 0 spiro atoms. The molecule has 1 atom stereocenters. The first-order valence-corrected chi connectivity index (χ1v) is 7.25. The first kappa shape index (κ1) is 13.7. The van der Waals surface area contributed by atoms with Crippen molar-refractivity contribution in [2.75, 3.05) is 23.8 Å². The lowest BCUT2D eigenvalue weighted by atomic mass is 9.99. The van der Waals surface area contributed by atoms with E-state index in [1.807, 2.05) is 31.3 Å². The van der Waals surface area contributed by atoms with Crippen LogP contribution < -0.4 is 10.2 Å². The minimum atomic E-state index is -0.105. The summed E-state index contributed by atoms with van der Waals surface area (Å²) in [7, 11) is 1.86. The summed E-state index contributed by atoms with van der Waals surface area (Å²) in [6.45, 7) is 4.79. The third-order valence-corrected chi connectivity index (χ3v) is 4.06. The average Bonchev–Trinajstić information content (AvgIpc) is 2.88. The quantitative estimate of drug-likeness (QED) is 0.913. The van der Waals surface area contributed by atoms with Crippen molar-refractivity contribution in [3.05, 3.63) is 59.2 Å². The summed E-state index contributed by atoms with van der Waals surface area (Å²) in [4.78, 5) is 14.6. The normalized spacial score (nSPS) is 16.2. The molecular formula is C18H20N2O. The van der Waals surface area contributed by atoms with Gasteiger partial charge in [-0.25, -0.2) is 0 Å². The van der Waals surface area contributed by atoms with Crippen LogP contribution in [0, 0.1) is 13.8 Å². The molecule has 3 heteroatoms. The molecule has 21 heavy (non-hydrogen) atoms. The fourth-order valence-corrected chi connectivity index (χ4v) is 3.01. The first-order valence-electron chi connectivity index (χ1n) is 7.25. The van der Waals surface area contributed by atoms with Crippen molar-refractivity contribution in [3.8, 4) is 0 Å². The molecule has 1 heterocycles. The molecule has 3 rings (SSSR count). The predicted molar refractivity (Wildman–Crippen MR) is 87.0 cm³/mol. The zero-order chi connectivity index (χ0) is 15.0. The molecule has 0 bridgehead atoms. The number of fused-ring (bicyclic) bond motifs is 1. The number of likely N-dealkylation sites (N-methyl/N-ethyl adjacent to an activating group) is 1. The zero-order valence-corrected chi connectivity index (χ0v) is 12.7. The number of para-hydroxylation sites is 1. The second-order valence-electron chi connectivity index (χ2n) is 5.76. The minimum Gasteiger partial charge on any atom is -0.384 e. The Kier molecular flexibility index (Phi) is 3.42. The van der Waals surface area contributed by atoms with E-state index in [-0.39, 0.29) is 11.8 Å². The van der Waals surface area contributed by atoms with Crippen molar-refractivity contribution in [1.29, 1.82) is 0 Å². The van der Waals surface area contributed by atoms with Gasteiger partial charge in [0.15, 0.2) is 0 Å². The Balaban J connectivity index is 1.89. The standard InChI is InChI=1S/C18H20N2O/c1-12-8-13(2)10-14(9-12)20(3)18(21)16-11-19-17-7-5-4-6-15(16)17/h4-10,16,19H,11H2,1-3H3. The summed E-state index contributed by atoms with van der Waals surface area (Å²) < 4.78 is 0. The van der Waals surface area contributed by atoms with Gasteiger partial charge in [0.2, 0.25) is 5.91 Å². The summed E-state index contributed by atoms with van der Waals surface area (Å²) in [5, 5.41) is 3.31. The second kappa shape index (κ2) is 5.24. The highest BCUT2D eigenvalue weighted by atomic mass is 16.2. The summed E-state index contributed by atoms with van der Waals surface area (Å²) in [5.41, 5.74) is 5.48. The number of carbonyl (C=O) groups is 1. The van der Waals surface area contributed by atoms with Gasteiger partial charge in [-0.2, -0.15) is 0 Å². The number of amides is 1. The number of nitrogens with one attached hydrogen (secondary N) is 1. The van der Waals surface area contributed by atoms with E-state index in [0.717, 1.165) is 16.9 Å². The molecule has 0 saturated heterocycles.